The van der Waals surface area contributed by atoms with Gasteiger partial charge in [-0.3, -0.25) is 9.78 Å². The molecule has 8 heteroatoms. The van der Waals surface area contributed by atoms with Crippen molar-refractivity contribution in [3.63, 3.8) is 0 Å². The number of hydrogen-bond donors (Lipinski definition) is 1. The van der Waals surface area contributed by atoms with Crippen molar-refractivity contribution in [1.82, 2.24) is 15.2 Å². The zero-order chi connectivity index (χ0) is 22.5. The molecule has 0 spiro atoms. The van der Waals surface area contributed by atoms with E-state index in [9.17, 15) is 9.59 Å². The maximum Gasteiger partial charge on any atom is 0.338 e. The van der Waals surface area contributed by atoms with E-state index in [0.717, 1.165) is 22.0 Å². The molecule has 0 bridgehead atoms. The molecule has 3 heterocycles. The summed E-state index contributed by atoms with van der Waals surface area (Å²) in [5, 5.41) is 5.64. The lowest BCUT2D eigenvalue weighted by atomic mass is 9.94. The molecule has 1 aromatic carbocycles. The van der Waals surface area contributed by atoms with Crippen LogP contribution in [-0.4, -0.2) is 33.5 Å². The highest BCUT2D eigenvalue weighted by Crippen LogP contribution is 2.44. The molecule has 164 valence electrons. The second-order valence-electron chi connectivity index (χ2n) is 7.33. The van der Waals surface area contributed by atoms with E-state index in [1.807, 2.05) is 59.7 Å². The molecule has 1 N–H and O–H groups in total. The van der Waals surface area contributed by atoms with Crippen molar-refractivity contribution in [1.29, 1.82) is 0 Å². The van der Waals surface area contributed by atoms with Gasteiger partial charge in [-0.1, -0.05) is 42.1 Å². The van der Waals surface area contributed by atoms with Crippen LogP contribution in [0.1, 0.15) is 37.4 Å². The molecular weight excluding hydrogens is 424 g/mol. The Balaban J connectivity index is 1.59. The van der Waals surface area contributed by atoms with Crippen LogP contribution in [0.25, 0.3) is 0 Å². The number of allylic oxidation sites excluding steroid dienone is 1. The Bertz CT molecular complexity index is 1100. The van der Waals surface area contributed by atoms with Crippen LogP contribution in [0.2, 0.25) is 0 Å². The predicted octanol–water partition coefficient (Wildman–Crippen LogP) is 3.93. The number of pyridine rings is 1. The number of fused-ring (bicyclic) bond motifs is 1. The minimum Gasteiger partial charge on any atom is -0.463 e. The maximum absolute atomic E-state index is 12.9. The van der Waals surface area contributed by atoms with Crippen LogP contribution in [0, 0.1) is 0 Å². The SMILES string of the molecule is CCOC(=O)C1=C(C)N=C2SC=C(CC(=O)NCc3ccncc3)N2C1c1ccccc1. The Morgan fingerprint density at radius 1 is 1.16 bits per heavy atom. The molecule has 1 amide bonds. The van der Waals surface area contributed by atoms with Gasteiger partial charge in [0.2, 0.25) is 5.91 Å². The van der Waals surface area contributed by atoms with E-state index in [2.05, 4.69) is 15.3 Å². The van der Waals surface area contributed by atoms with Crippen molar-refractivity contribution in [2.75, 3.05) is 6.61 Å². The molecule has 32 heavy (non-hydrogen) atoms. The number of carbonyl (C=O) groups excluding carboxylic acids is 2. The first-order valence-corrected chi connectivity index (χ1v) is 11.3. The maximum atomic E-state index is 12.9. The number of amidine groups is 1. The molecule has 0 saturated heterocycles. The molecule has 2 aliphatic heterocycles. The number of aliphatic imine (C=N–C) groups is 1. The van der Waals surface area contributed by atoms with Gasteiger partial charge in [-0.15, -0.1) is 0 Å². The van der Waals surface area contributed by atoms with Crippen molar-refractivity contribution in [2.24, 2.45) is 4.99 Å². The lowest BCUT2D eigenvalue weighted by Crippen LogP contribution is -2.38. The molecule has 1 unspecified atom stereocenters. The Morgan fingerprint density at radius 2 is 1.91 bits per heavy atom. The standard InChI is InChI=1S/C24H24N4O3S/c1-3-31-23(30)21-16(2)27-24-28(22(21)18-7-5-4-6-8-18)19(15-32-24)13-20(29)26-14-17-9-11-25-12-10-17/h4-12,15,22H,3,13-14H2,1-2H3,(H,26,29). The molecule has 0 aliphatic carbocycles. The van der Waals surface area contributed by atoms with Gasteiger partial charge in [0.25, 0.3) is 0 Å². The second kappa shape index (κ2) is 9.82. The predicted molar refractivity (Wildman–Crippen MR) is 124 cm³/mol. The molecule has 0 fully saturated rings. The normalized spacial score (nSPS) is 17.4. The van der Waals surface area contributed by atoms with Crippen molar-refractivity contribution in [2.45, 2.75) is 32.9 Å². The van der Waals surface area contributed by atoms with Gasteiger partial charge in [0, 0.05) is 24.6 Å². The first kappa shape index (κ1) is 21.8. The van der Waals surface area contributed by atoms with E-state index in [0.29, 0.717) is 17.8 Å². The second-order valence-corrected chi connectivity index (χ2v) is 8.17. The Kier molecular flexibility index (Phi) is 6.70. The summed E-state index contributed by atoms with van der Waals surface area (Å²) < 4.78 is 5.35. The van der Waals surface area contributed by atoms with Crippen molar-refractivity contribution < 1.29 is 14.3 Å². The number of nitrogens with zero attached hydrogens (tertiary/aromatic N) is 3. The quantitative estimate of drug-likeness (QED) is 0.647. The van der Waals surface area contributed by atoms with Crippen LogP contribution in [0.4, 0.5) is 0 Å². The van der Waals surface area contributed by atoms with E-state index >= 15 is 0 Å². The van der Waals surface area contributed by atoms with Crippen LogP contribution in [-0.2, 0) is 20.9 Å². The zero-order valence-corrected chi connectivity index (χ0v) is 18.8. The smallest absolute Gasteiger partial charge is 0.338 e. The largest absolute Gasteiger partial charge is 0.463 e. The van der Waals surface area contributed by atoms with E-state index in [4.69, 9.17) is 4.74 Å². The van der Waals surface area contributed by atoms with Gasteiger partial charge in [-0.2, -0.15) is 0 Å². The summed E-state index contributed by atoms with van der Waals surface area (Å²) >= 11 is 1.46. The molecule has 2 aromatic rings. The first-order valence-electron chi connectivity index (χ1n) is 10.4. The van der Waals surface area contributed by atoms with Crippen LogP contribution < -0.4 is 5.32 Å². The third kappa shape index (κ3) is 4.60. The summed E-state index contributed by atoms with van der Waals surface area (Å²) in [6.07, 6.45) is 3.57. The molecule has 1 aromatic heterocycles. The summed E-state index contributed by atoms with van der Waals surface area (Å²) in [4.78, 5) is 36.2. The molecule has 4 rings (SSSR count). The Labute approximate surface area is 191 Å². The number of rotatable bonds is 7. The lowest BCUT2D eigenvalue weighted by Gasteiger charge is -2.36. The average molecular weight is 449 g/mol. The number of esters is 1. The molecule has 2 aliphatic rings. The van der Waals surface area contributed by atoms with E-state index < -0.39 is 6.04 Å². The first-order chi connectivity index (χ1) is 15.6. The fourth-order valence-electron chi connectivity index (χ4n) is 3.72. The van der Waals surface area contributed by atoms with Gasteiger partial charge in [0.1, 0.15) is 0 Å². The minimum absolute atomic E-state index is 0.106. The fourth-order valence-corrected chi connectivity index (χ4v) is 4.68. The van der Waals surface area contributed by atoms with E-state index in [1.165, 1.54) is 11.8 Å². The number of aromatic nitrogens is 1. The topological polar surface area (TPSA) is 83.9 Å². The van der Waals surface area contributed by atoms with Crippen molar-refractivity contribution >= 4 is 28.8 Å². The number of amides is 1. The van der Waals surface area contributed by atoms with Gasteiger partial charge in [-0.25, -0.2) is 9.79 Å². The minimum atomic E-state index is -0.406. The number of thioether (sulfide) groups is 1. The molecule has 0 saturated carbocycles. The summed E-state index contributed by atoms with van der Waals surface area (Å²) in [6.45, 7) is 4.32. The molecule has 0 radical (unpaired) electrons. The molecule has 1 atom stereocenters. The van der Waals surface area contributed by atoms with E-state index in [-0.39, 0.29) is 24.9 Å². The van der Waals surface area contributed by atoms with Gasteiger partial charge in [0.15, 0.2) is 5.17 Å². The number of ether oxygens (including phenoxy) is 1. The van der Waals surface area contributed by atoms with Gasteiger partial charge < -0.3 is 15.0 Å². The fraction of sp³-hybridized carbons (Fsp3) is 0.250. The third-order valence-electron chi connectivity index (χ3n) is 5.19. The van der Waals surface area contributed by atoms with Crippen LogP contribution in [0.3, 0.4) is 0 Å². The van der Waals surface area contributed by atoms with Gasteiger partial charge >= 0.3 is 5.97 Å². The number of benzene rings is 1. The highest BCUT2D eigenvalue weighted by molar-refractivity contribution is 8.16. The Morgan fingerprint density at radius 3 is 2.62 bits per heavy atom. The summed E-state index contributed by atoms with van der Waals surface area (Å²) in [6, 6.07) is 13.1. The lowest BCUT2D eigenvalue weighted by molar-refractivity contribution is -0.139. The van der Waals surface area contributed by atoms with Crippen LogP contribution in [0.5, 0.6) is 0 Å². The summed E-state index contributed by atoms with van der Waals surface area (Å²) in [5.41, 5.74) is 3.84. The molecule has 7 nitrogen and oxygen atoms in total. The van der Waals surface area contributed by atoms with Crippen molar-refractivity contribution in [3.05, 3.63) is 88.4 Å². The number of nitrogens with one attached hydrogen (secondary N) is 1. The average Bonchev–Trinajstić information content (AvgIpc) is 3.20. The number of hydrogen-bond acceptors (Lipinski definition) is 7. The van der Waals surface area contributed by atoms with Gasteiger partial charge in [0.05, 0.1) is 30.3 Å². The highest BCUT2D eigenvalue weighted by atomic mass is 32.2. The summed E-state index contributed by atoms with van der Waals surface area (Å²) in [5.74, 6) is -0.495. The van der Waals surface area contributed by atoms with E-state index in [1.54, 1.807) is 19.3 Å². The highest BCUT2D eigenvalue weighted by Gasteiger charge is 2.40. The third-order valence-corrected chi connectivity index (χ3v) is 6.08. The van der Waals surface area contributed by atoms with Gasteiger partial charge in [-0.05, 0) is 42.5 Å². The number of carbonyl (C=O) groups is 2. The zero-order valence-electron chi connectivity index (χ0n) is 17.9. The molecular formula is C24H24N4O3S. The van der Waals surface area contributed by atoms with Crippen molar-refractivity contribution in [3.8, 4) is 0 Å². The monoisotopic (exact) mass is 448 g/mol. The summed E-state index contributed by atoms with van der Waals surface area (Å²) in [7, 11) is 0. The van der Waals surface area contributed by atoms with Crippen LogP contribution in [0.15, 0.2) is 82.2 Å². The Hall–Kier alpha value is -3.39. The van der Waals surface area contributed by atoms with Crippen LogP contribution >= 0.6 is 11.8 Å².